The van der Waals surface area contributed by atoms with Crippen LogP contribution in [0.3, 0.4) is 0 Å². The lowest BCUT2D eigenvalue weighted by atomic mass is 10.0. The van der Waals surface area contributed by atoms with Crippen LogP contribution in [0.15, 0.2) is 79.0 Å². The first-order valence-electron chi connectivity index (χ1n) is 11.5. The van der Waals surface area contributed by atoms with E-state index in [1.54, 1.807) is 6.07 Å². The molecule has 4 nitrogen and oxygen atoms in total. The Morgan fingerprint density at radius 1 is 0.848 bits per heavy atom. The zero-order valence-electron chi connectivity index (χ0n) is 19.2. The summed E-state index contributed by atoms with van der Waals surface area (Å²) < 4.78 is 16.8. The van der Waals surface area contributed by atoms with Crippen molar-refractivity contribution in [2.45, 2.75) is 13.5 Å². The van der Waals surface area contributed by atoms with Crippen molar-refractivity contribution in [3.05, 3.63) is 95.9 Å². The molecule has 1 fully saturated rings. The van der Waals surface area contributed by atoms with Crippen molar-refractivity contribution in [2.24, 2.45) is 0 Å². The van der Waals surface area contributed by atoms with Crippen molar-refractivity contribution >= 4 is 0 Å². The molecule has 4 aromatic rings. The number of benzene rings is 3. The van der Waals surface area contributed by atoms with Gasteiger partial charge in [0.2, 0.25) is 0 Å². The monoisotopic (exact) mass is 440 g/mol. The maximum atomic E-state index is 14.9. The van der Waals surface area contributed by atoms with Gasteiger partial charge in [-0.3, -0.25) is 4.90 Å². The first-order chi connectivity index (χ1) is 16.1. The van der Waals surface area contributed by atoms with Gasteiger partial charge in [0.1, 0.15) is 5.82 Å². The Kier molecular flexibility index (Phi) is 6.07. The normalized spacial score (nSPS) is 15.1. The highest BCUT2D eigenvalue weighted by Crippen LogP contribution is 2.31. The lowest BCUT2D eigenvalue weighted by Gasteiger charge is -2.32. The first kappa shape index (κ1) is 21.6. The minimum Gasteiger partial charge on any atom is -0.304 e. The molecular weight excluding hydrogens is 411 g/mol. The summed E-state index contributed by atoms with van der Waals surface area (Å²) in [5, 5.41) is 4.71. The summed E-state index contributed by atoms with van der Waals surface area (Å²) in [7, 11) is 2.15. The number of aryl methyl sites for hydroxylation is 1. The molecule has 5 rings (SSSR count). The van der Waals surface area contributed by atoms with Crippen LogP contribution in [-0.2, 0) is 6.54 Å². The van der Waals surface area contributed by atoms with Gasteiger partial charge in [-0.1, -0.05) is 54.1 Å². The van der Waals surface area contributed by atoms with Gasteiger partial charge < -0.3 is 4.90 Å². The molecule has 1 aliphatic rings. The van der Waals surface area contributed by atoms with Crippen molar-refractivity contribution < 1.29 is 4.39 Å². The molecule has 0 aliphatic carbocycles. The van der Waals surface area contributed by atoms with Crippen LogP contribution in [-0.4, -0.2) is 52.8 Å². The molecule has 1 aromatic heterocycles. The van der Waals surface area contributed by atoms with E-state index < -0.39 is 0 Å². The molecule has 0 amide bonds. The molecule has 0 unspecified atom stereocenters. The number of halogens is 1. The summed E-state index contributed by atoms with van der Waals surface area (Å²) in [5.41, 5.74) is 6.96. The fourth-order valence-corrected chi connectivity index (χ4v) is 4.50. The highest BCUT2D eigenvalue weighted by atomic mass is 19.1. The van der Waals surface area contributed by atoms with Gasteiger partial charge >= 0.3 is 0 Å². The quantitative estimate of drug-likeness (QED) is 0.415. The topological polar surface area (TPSA) is 24.3 Å². The van der Waals surface area contributed by atoms with Gasteiger partial charge in [0.05, 0.1) is 17.6 Å². The fourth-order valence-electron chi connectivity index (χ4n) is 4.50. The fraction of sp³-hybridized carbons (Fsp3) is 0.250. The third-order valence-corrected chi connectivity index (χ3v) is 6.43. The van der Waals surface area contributed by atoms with E-state index in [1.165, 1.54) is 17.2 Å². The Hall–Kier alpha value is -3.28. The van der Waals surface area contributed by atoms with Crippen LogP contribution in [0.2, 0.25) is 0 Å². The largest absolute Gasteiger partial charge is 0.304 e. The molecule has 33 heavy (non-hydrogen) atoms. The average molecular weight is 441 g/mol. The lowest BCUT2D eigenvalue weighted by Crippen LogP contribution is -2.43. The summed E-state index contributed by atoms with van der Waals surface area (Å²) in [4.78, 5) is 4.76. The van der Waals surface area contributed by atoms with Gasteiger partial charge in [-0.05, 0) is 49.4 Å². The predicted molar refractivity (Wildman–Crippen MR) is 132 cm³/mol. The molecule has 0 bridgehead atoms. The molecule has 5 heteroatoms. The standard InChI is InChI=1S/C28H29FN4/c1-21-6-5-7-23(18-21)22-10-12-25(13-11-22)33-28(26-8-3-4-9-27(26)29)24(19-30-33)20-32-16-14-31(2)15-17-32/h3-13,18-19H,14-17,20H2,1-2H3. The van der Waals surface area contributed by atoms with Gasteiger partial charge in [0.25, 0.3) is 0 Å². The van der Waals surface area contributed by atoms with Gasteiger partial charge in [-0.2, -0.15) is 5.10 Å². The number of nitrogens with zero attached hydrogens (tertiary/aromatic N) is 4. The second-order valence-electron chi connectivity index (χ2n) is 8.91. The molecule has 1 aliphatic heterocycles. The van der Waals surface area contributed by atoms with E-state index in [0.29, 0.717) is 5.56 Å². The lowest BCUT2D eigenvalue weighted by molar-refractivity contribution is 0.148. The van der Waals surface area contributed by atoms with Crippen molar-refractivity contribution in [1.82, 2.24) is 19.6 Å². The van der Waals surface area contributed by atoms with Gasteiger partial charge in [0.15, 0.2) is 0 Å². The molecule has 2 heterocycles. The van der Waals surface area contributed by atoms with Crippen LogP contribution >= 0.6 is 0 Å². The van der Waals surface area contributed by atoms with Gasteiger partial charge in [-0.15, -0.1) is 0 Å². The van der Waals surface area contributed by atoms with Gasteiger partial charge in [-0.25, -0.2) is 9.07 Å². The molecule has 3 aromatic carbocycles. The summed E-state index contributed by atoms with van der Waals surface area (Å²) in [5.74, 6) is -0.227. The predicted octanol–water partition coefficient (Wildman–Crippen LogP) is 5.40. The number of piperazine rings is 1. The number of rotatable bonds is 5. The smallest absolute Gasteiger partial charge is 0.132 e. The minimum atomic E-state index is -0.227. The number of hydrogen-bond acceptors (Lipinski definition) is 3. The third-order valence-electron chi connectivity index (χ3n) is 6.43. The first-order valence-corrected chi connectivity index (χ1v) is 11.5. The SMILES string of the molecule is Cc1cccc(-c2ccc(-n3ncc(CN4CCN(C)CC4)c3-c3ccccc3F)cc2)c1. The number of hydrogen-bond donors (Lipinski definition) is 0. The Balaban J connectivity index is 1.52. The minimum absolute atomic E-state index is 0.227. The summed E-state index contributed by atoms with van der Waals surface area (Å²) in [6.45, 7) is 6.96. The molecule has 168 valence electrons. The van der Waals surface area contributed by atoms with Crippen molar-refractivity contribution in [3.8, 4) is 28.1 Å². The molecule has 0 spiro atoms. The van der Waals surface area contributed by atoms with Crippen molar-refractivity contribution in [2.75, 3.05) is 33.2 Å². The van der Waals surface area contributed by atoms with E-state index in [4.69, 9.17) is 5.10 Å². The summed E-state index contributed by atoms with van der Waals surface area (Å²) in [6, 6.07) is 23.8. The molecule has 0 atom stereocenters. The Labute approximate surface area is 194 Å². The van der Waals surface area contributed by atoms with E-state index >= 15 is 0 Å². The zero-order valence-corrected chi connectivity index (χ0v) is 19.2. The number of likely N-dealkylation sites (N-methyl/N-ethyl adjacent to an activating group) is 1. The number of aromatic nitrogens is 2. The van der Waals surface area contributed by atoms with Crippen LogP contribution in [0.25, 0.3) is 28.1 Å². The van der Waals surface area contributed by atoms with Crippen molar-refractivity contribution in [3.63, 3.8) is 0 Å². The van der Waals surface area contributed by atoms with E-state index in [-0.39, 0.29) is 5.82 Å². The molecule has 0 N–H and O–H groups in total. The van der Waals surface area contributed by atoms with Crippen LogP contribution in [0.5, 0.6) is 0 Å². The van der Waals surface area contributed by atoms with Crippen LogP contribution in [0, 0.1) is 12.7 Å². The highest BCUT2D eigenvalue weighted by molar-refractivity contribution is 5.69. The summed E-state index contributed by atoms with van der Waals surface area (Å²) in [6.07, 6.45) is 1.90. The second-order valence-corrected chi connectivity index (χ2v) is 8.91. The van der Waals surface area contributed by atoms with Crippen molar-refractivity contribution in [1.29, 1.82) is 0 Å². The van der Waals surface area contributed by atoms with E-state index in [0.717, 1.165) is 55.2 Å². The maximum absolute atomic E-state index is 14.9. The van der Waals surface area contributed by atoms with Gasteiger partial charge in [0, 0.05) is 43.9 Å². The zero-order chi connectivity index (χ0) is 22.8. The van der Waals surface area contributed by atoms with Crippen LogP contribution in [0.1, 0.15) is 11.1 Å². The Bertz CT molecular complexity index is 1240. The van der Waals surface area contributed by atoms with Crippen LogP contribution < -0.4 is 0 Å². The van der Waals surface area contributed by atoms with E-state index in [1.807, 2.05) is 23.0 Å². The highest BCUT2D eigenvalue weighted by Gasteiger charge is 2.21. The summed E-state index contributed by atoms with van der Waals surface area (Å²) >= 11 is 0. The molecule has 0 radical (unpaired) electrons. The second kappa shape index (κ2) is 9.30. The van der Waals surface area contributed by atoms with E-state index in [2.05, 4.69) is 72.3 Å². The molecule has 1 saturated heterocycles. The maximum Gasteiger partial charge on any atom is 0.132 e. The molecular formula is C28H29FN4. The molecule has 0 saturated carbocycles. The Morgan fingerprint density at radius 3 is 2.33 bits per heavy atom. The third kappa shape index (κ3) is 4.61. The van der Waals surface area contributed by atoms with E-state index in [9.17, 15) is 4.39 Å². The average Bonchev–Trinajstić information content (AvgIpc) is 3.24. The van der Waals surface area contributed by atoms with Crippen LogP contribution in [0.4, 0.5) is 4.39 Å². The Morgan fingerprint density at radius 2 is 1.61 bits per heavy atom.